The van der Waals surface area contributed by atoms with Gasteiger partial charge in [0.15, 0.2) is 0 Å². The van der Waals surface area contributed by atoms with Gasteiger partial charge in [-0.2, -0.15) is 5.10 Å². The summed E-state index contributed by atoms with van der Waals surface area (Å²) in [6.07, 6.45) is 3.29. The van der Waals surface area contributed by atoms with Gasteiger partial charge in [0.05, 0.1) is 25.2 Å². The predicted octanol–water partition coefficient (Wildman–Crippen LogP) is 2.19. The molecule has 25 heavy (non-hydrogen) atoms. The molecule has 1 fully saturated rings. The van der Waals surface area contributed by atoms with Crippen molar-refractivity contribution < 1.29 is 14.1 Å². The number of carbonyl (C=O) groups excluding carboxylic acids is 1. The number of nitrogens with zero attached hydrogens (tertiary/aromatic N) is 1. The van der Waals surface area contributed by atoms with E-state index in [0.717, 1.165) is 43.3 Å². The van der Waals surface area contributed by atoms with Crippen molar-refractivity contribution in [1.29, 1.82) is 0 Å². The monoisotopic (exact) mass is 360 g/mol. The molecule has 2 aromatic rings. The number of halogens is 1. The molecule has 5 nitrogen and oxygen atoms in total. The summed E-state index contributed by atoms with van der Waals surface area (Å²) in [6.45, 7) is 4.82. The van der Waals surface area contributed by atoms with E-state index in [1.54, 1.807) is 0 Å². The minimum atomic E-state index is -0.00919. The lowest BCUT2D eigenvalue weighted by molar-refractivity contribution is -0.919. The highest BCUT2D eigenvalue weighted by Gasteiger charge is 2.27. The number of hydrogen-bond donors (Lipinski definition) is 2. The number of hydrazone groups is 1. The Balaban J connectivity index is 1.42. The molecule has 0 bridgehead atoms. The maximum Gasteiger partial charge on any atom is 0.243 e. The first kappa shape index (κ1) is 17.7. The Hall–Kier alpha value is -2.11. The summed E-state index contributed by atoms with van der Waals surface area (Å²) in [4.78, 5) is 13.7. The molecule has 1 amide bonds. The number of rotatable bonds is 5. The summed E-state index contributed by atoms with van der Waals surface area (Å²) in [6, 6.07) is 11.7. The van der Waals surface area contributed by atoms with E-state index in [1.807, 2.05) is 31.2 Å². The van der Waals surface area contributed by atoms with Gasteiger partial charge in [-0.15, -0.1) is 0 Å². The molecule has 0 radical (unpaired) electrons. The standard InChI is InChI=1S/C19H22ClN3O2/c1-14-2-7-18(25-14)12-21-22-19(24)16-8-10-23(11-9-16)13-15-3-5-17(20)6-4-15/h2-7,12,16H,8-11,13H2,1H3,(H,22,24)/p+1. The summed E-state index contributed by atoms with van der Waals surface area (Å²) < 4.78 is 5.38. The Morgan fingerprint density at radius 3 is 2.64 bits per heavy atom. The van der Waals surface area contributed by atoms with E-state index < -0.39 is 0 Å². The number of likely N-dealkylation sites (tertiary alicyclic amines) is 1. The van der Waals surface area contributed by atoms with Crippen molar-refractivity contribution in [2.24, 2.45) is 11.0 Å². The van der Waals surface area contributed by atoms with Crippen LogP contribution < -0.4 is 10.3 Å². The Bertz CT molecular complexity index is 731. The van der Waals surface area contributed by atoms with Gasteiger partial charge in [-0.1, -0.05) is 23.7 Å². The summed E-state index contributed by atoms with van der Waals surface area (Å²) in [5.41, 5.74) is 3.91. The van der Waals surface area contributed by atoms with Crippen molar-refractivity contribution in [3.63, 3.8) is 0 Å². The molecule has 132 valence electrons. The van der Waals surface area contributed by atoms with Crippen LogP contribution in [-0.4, -0.2) is 25.2 Å². The molecule has 0 atom stereocenters. The summed E-state index contributed by atoms with van der Waals surface area (Å²) >= 11 is 5.92. The fourth-order valence-electron chi connectivity index (χ4n) is 3.13. The molecular formula is C19H23ClN3O2+. The molecule has 1 aromatic heterocycles. The van der Waals surface area contributed by atoms with E-state index in [2.05, 4.69) is 22.7 Å². The minimum absolute atomic E-state index is 0.00919. The number of furan rings is 1. The average Bonchev–Trinajstić information content (AvgIpc) is 3.03. The van der Waals surface area contributed by atoms with Crippen LogP contribution >= 0.6 is 11.6 Å². The third-order valence-corrected chi connectivity index (χ3v) is 4.81. The van der Waals surface area contributed by atoms with Crippen molar-refractivity contribution in [2.75, 3.05) is 13.1 Å². The van der Waals surface area contributed by atoms with Gasteiger partial charge in [0.1, 0.15) is 18.1 Å². The van der Waals surface area contributed by atoms with E-state index in [4.69, 9.17) is 16.0 Å². The van der Waals surface area contributed by atoms with Crippen LogP contribution in [0.1, 0.15) is 29.9 Å². The smallest absolute Gasteiger partial charge is 0.243 e. The third kappa shape index (κ3) is 5.18. The lowest BCUT2D eigenvalue weighted by atomic mass is 9.96. The van der Waals surface area contributed by atoms with Crippen LogP contribution in [0.5, 0.6) is 0 Å². The highest BCUT2D eigenvalue weighted by Crippen LogP contribution is 2.12. The number of piperidine rings is 1. The van der Waals surface area contributed by atoms with Crippen molar-refractivity contribution in [3.05, 3.63) is 58.5 Å². The van der Waals surface area contributed by atoms with Crippen LogP contribution in [0.3, 0.4) is 0 Å². The molecule has 6 heteroatoms. The van der Waals surface area contributed by atoms with Crippen LogP contribution in [0.2, 0.25) is 5.02 Å². The molecule has 0 unspecified atom stereocenters. The number of quaternary nitrogens is 1. The molecular weight excluding hydrogens is 338 g/mol. The zero-order valence-corrected chi connectivity index (χ0v) is 15.1. The largest absolute Gasteiger partial charge is 0.460 e. The van der Waals surface area contributed by atoms with Crippen molar-refractivity contribution in [1.82, 2.24) is 5.43 Å². The topological polar surface area (TPSA) is 59.0 Å². The van der Waals surface area contributed by atoms with E-state index in [0.29, 0.717) is 5.76 Å². The van der Waals surface area contributed by atoms with Crippen LogP contribution in [0.4, 0.5) is 0 Å². The maximum atomic E-state index is 12.2. The number of amides is 1. The number of carbonyl (C=O) groups is 1. The van der Waals surface area contributed by atoms with Crippen molar-refractivity contribution in [2.45, 2.75) is 26.3 Å². The molecule has 1 aliphatic rings. The molecule has 2 N–H and O–H groups in total. The van der Waals surface area contributed by atoms with E-state index in [9.17, 15) is 4.79 Å². The van der Waals surface area contributed by atoms with Gasteiger partial charge in [0.2, 0.25) is 5.91 Å². The van der Waals surface area contributed by atoms with E-state index in [1.165, 1.54) is 16.7 Å². The first-order valence-electron chi connectivity index (χ1n) is 8.57. The van der Waals surface area contributed by atoms with E-state index in [-0.39, 0.29) is 11.8 Å². The van der Waals surface area contributed by atoms with Crippen molar-refractivity contribution >= 4 is 23.7 Å². The molecule has 0 spiro atoms. The fraction of sp³-hybridized carbons (Fsp3) is 0.368. The number of aryl methyl sites for hydroxylation is 1. The first-order chi connectivity index (χ1) is 12.1. The van der Waals surface area contributed by atoms with Crippen LogP contribution in [-0.2, 0) is 11.3 Å². The summed E-state index contributed by atoms with van der Waals surface area (Å²) in [5.74, 6) is 1.48. The quantitative estimate of drug-likeness (QED) is 0.634. The number of benzene rings is 1. The maximum absolute atomic E-state index is 12.2. The molecule has 0 saturated carbocycles. The number of hydrogen-bond acceptors (Lipinski definition) is 3. The van der Waals surface area contributed by atoms with Gasteiger partial charge in [-0.25, -0.2) is 5.43 Å². The first-order valence-corrected chi connectivity index (χ1v) is 8.95. The van der Waals surface area contributed by atoms with Crippen LogP contribution in [0.15, 0.2) is 45.9 Å². The summed E-state index contributed by atoms with van der Waals surface area (Å²) in [7, 11) is 0. The second-order valence-electron chi connectivity index (χ2n) is 6.51. The van der Waals surface area contributed by atoms with Crippen LogP contribution in [0.25, 0.3) is 0 Å². The SMILES string of the molecule is Cc1ccc(C=NNC(=O)C2CC[NH+](Cc3ccc(Cl)cc3)CC2)o1. The Morgan fingerprint density at radius 2 is 2.00 bits per heavy atom. The lowest BCUT2D eigenvalue weighted by Gasteiger charge is -2.28. The van der Waals surface area contributed by atoms with Crippen LogP contribution in [0, 0.1) is 12.8 Å². The Morgan fingerprint density at radius 1 is 1.28 bits per heavy atom. The number of nitrogens with one attached hydrogen (secondary N) is 2. The van der Waals surface area contributed by atoms with Gasteiger partial charge in [0.25, 0.3) is 0 Å². The van der Waals surface area contributed by atoms with Gasteiger partial charge in [0, 0.05) is 23.4 Å². The molecule has 3 rings (SSSR count). The normalized spacial score (nSPS) is 20.7. The Kier molecular flexibility index (Phi) is 5.89. The highest BCUT2D eigenvalue weighted by molar-refractivity contribution is 6.30. The molecule has 0 aliphatic carbocycles. The Labute approximate surface area is 152 Å². The molecule has 1 aliphatic heterocycles. The second-order valence-corrected chi connectivity index (χ2v) is 6.95. The van der Waals surface area contributed by atoms with Gasteiger partial charge < -0.3 is 9.32 Å². The third-order valence-electron chi connectivity index (χ3n) is 4.56. The van der Waals surface area contributed by atoms with Gasteiger partial charge >= 0.3 is 0 Å². The fourth-order valence-corrected chi connectivity index (χ4v) is 3.26. The second kappa shape index (κ2) is 8.32. The minimum Gasteiger partial charge on any atom is -0.460 e. The molecule has 1 aromatic carbocycles. The lowest BCUT2D eigenvalue weighted by Crippen LogP contribution is -3.11. The van der Waals surface area contributed by atoms with Crippen molar-refractivity contribution in [3.8, 4) is 0 Å². The highest BCUT2D eigenvalue weighted by atomic mass is 35.5. The predicted molar refractivity (Wildman–Crippen MR) is 97.8 cm³/mol. The zero-order valence-electron chi connectivity index (χ0n) is 14.3. The van der Waals surface area contributed by atoms with Gasteiger partial charge in [-0.05, 0) is 31.2 Å². The van der Waals surface area contributed by atoms with Gasteiger partial charge in [-0.3, -0.25) is 4.79 Å². The molecule has 1 saturated heterocycles. The summed E-state index contributed by atoms with van der Waals surface area (Å²) in [5, 5.41) is 4.75. The molecule has 2 heterocycles. The zero-order chi connectivity index (χ0) is 17.6. The van der Waals surface area contributed by atoms with E-state index >= 15 is 0 Å². The average molecular weight is 361 g/mol.